The number of anilines is 1. The average Bonchev–Trinajstić information content (AvgIpc) is 3.08. The van der Waals surface area contributed by atoms with E-state index in [1.54, 1.807) is 0 Å². The normalized spacial score (nSPS) is 34.1. The number of halogens is 1. The van der Waals surface area contributed by atoms with Crippen molar-refractivity contribution in [3.05, 3.63) is 22.5 Å². The number of thioether (sulfide) groups is 1. The largest absolute Gasteiger partial charge is 0.481 e. The van der Waals surface area contributed by atoms with Crippen LogP contribution >= 0.6 is 11.8 Å². The van der Waals surface area contributed by atoms with Crippen LogP contribution in [0.5, 0.6) is 0 Å². The summed E-state index contributed by atoms with van der Waals surface area (Å²) >= 11 is 1.24. The Kier molecular flexibility index (Phi) is 5.28. The fraction of sp³-hybridized carbons (Fsp3) is 0.722. The number of aromatic nitrogens is 2. The van der Waals surface area contributed by atoms with Gasteiger partial charge >= 0.3 is 11.7 Å². The van der Waals surface area contributed by atoms with Crippen molar-refractivity contribution < 1.29 is 19.0 Å². The zero-order valence-electron chi connectivity index (χ0n) is 15.8. The molecule has 1 saturated carbocycles. The van der Waals surface area contributed by atoms with Crippen molar-refractivity contribution in [1.29, 1.82) is 0 Å². The number of nitrogen functional groups attached to an aromatic ring is 1. The van der Waals surface area contributed by atoms with Crippen molar-refractivity contribution in [1.82, 2.24) is 9.55 Å². The molecule has 2 fully saturated rings. The standard InChI is InChI=1S/C18H26FN3O4S/c1-10(2)12-5-4-11(3)8-17(12,15(23)24)18(26-6-7-27-18)22-9-13(19)14(20)21-16(22)25/h9-12H,4-8H2,1-3H3,(H,23,24)(H2,20,21,25). The Labute approximate surface area is 161 Å². The first-order chi connectivity index (χ1) is 12.7. The van der Waals surface area contributed by atoms with E-state index in [1.165, 1.54) is 11.8 Å². The van der Waals surface area contributed by atoms with E-state index in [1.807, 2.05) is 20.8 Å². The number of hydrogen-bond acceptors (Lipinski definition) is 6. The lowest BCUT2D eigenvalue weighted by Crippen LogP contribution is -2.62. The van der Waals surface area contributed by atoms with Gasteiger partial charge in [-0.05, 0) is 30.6 Å². The maximum atomic E-state index is 14.2. The highest BCUT2D eigenvalue weighted by molar-refractivity contribution is 8.00. The summed E-state index contributed by atoms with van der Waals surface area (Å²) in [4.78, 5) is 29.0. The maximum Gasteiger partial charge on any atom is 0.352 e. The molecule has 2 heterocycles. The second kappa shape index (κ2) is 7.09. The molecule has 3 rings (SSSR count). The van der Waals surface area contributed by atoms with E-state index in [4.69, 9.17) is 10.5 Å². The molecule has 7 nitrogen and oxygen atoms in total. The molecule has 4 atom stereocenters. The number of aliphatic carboxylic acids is 1. The van der Waals surface area contributed by atoms with Crippen molar-refractivity contribution in [3.8, 4) is 0 Å². The van der Waals surface area contributed by atoms with Gasteiger partial charge in [0.1, 0.15) is 5.41 Å². The summed E-state index contributed by atoms with van der Waals surface area (Å²) in [5.41, 5.74) is 3.25. The third kappa shape index (κ3) is 2.95. The number of carboxylic acids is 1. The number of nitrogens with zero attached hydrogens (tertiary/aromatic N) is 2. The van der Waals surface area contributed by atoms with Crippen LogP contribution in [-0.4, -0.2) is 33.0 Å². The van der Waals surface area contributed by atoms with Crippen molar-refractivity contribution in [2.24, 2.45) is 23.2 Å². The fourth-order valence-corrected chi connectivity index (χ4v) is 6.29. The molecule has 1 aromatic rings. The van der Waals surface area contributed by atoms with Crippen molar-refractivity contribution in [3.63, 3.8) is 0 Å². The minimum atomic E-state index is -1.55. The quantitative estimate of drug-likeness (QED) is 0.801. The molecule has 2 aliphatic rings. The summed E-state index contributed by atoms with van der Waals surface area (Å²) in [7, 11) is 0. The molecule has 4 unspecified atom stereocenters. The maximum absolute atomic E-state index is 14.2. The summed E-state index contributed by atoms with van der Waals surface area (Å²) in [6.45, 7) is 6.25. The zero-order chi connectivity index (χ0) is 20.0. The number of rotatable bonds is 4. The lowest BCUT2D eigenvalue weighted by molar-refractivity contribution is -0.199. The second-order valence-corrected chi connectivity index (χ2v) is 9.17. The monoisotopic (exact) mass is 399 g/mol. The molecule has 0 radical (unpaired) electrons. The van der Waals surface area contributed by atoms with Gasteiger partial charge in [0, 0.05) is 5.75 Å². The molecule has 1 aromatic heterocycles. The number of carboxylic acid groups (broad SMARTS) is 1. The van der Waals surface area contributed by atoms with Crippen LogP contribution in [0.3, 0.4) is 0 Å². The smallest absolute Gasteiger partial charge is 0.352 e. The van der Waals surface area contributed by atoms with Crippen LogP contribution in [0.1, 0.15) is 40.0 Å². The first kappa shape index (κ1) is 20.1. The van der Waals surface area contributed by atoms with Gasteiger partial charge in [0.25, 0.3) is 0 Å². The fourth-order valence-electron chi connectivity index (χ4n) is 4.83. The van der Waals surface area contributed by atoms with Crippen LogP contribution in [0.2, 0.25) is 0 Å². The van der Waals surface area contributed by atoms with E-state index in [0.717, 1.165) is 17.2 Å². The number of carbonyl (C=O) groups is 1. The SMILES string of the molecule is CC1CCC(C(C)C)C(C(=O)O)(C2(n3cc(F)c(N)nc3=O)OCCS2)C1. The third-order valence-electron chi connectivity index (χ3n) is 5.93. The zero-order valence-corrected chi connectivity index (χ0v) is 16.6. The third-order valence-corrected chi connectivity index (χ3v) is 7.37. The second-order valence-electron chi connectivity index (χ2n) is 7.92. The van der Waals surface area contributed by atoms with Crippen molar-refractivity contribution >= 4 is 23.5 Å². The number of hydrogen-bond donors (Lipinski definition) is 2. The molecule has 150 valence electrons. The van der Waals surface area contributed by atoms with Gasteiger partial charge in [-0.15, -0.1) is 11.8 Å². The van der Waals surface area contributed by atoms with Crippen LogP contribution in [0.25, 0.3) is 0 Å². The summed E-state index contributed by atoms with van der Waals surface area (Å²) in [5.74, 6) is -1.92. The number of ether oxygens (including phenoxy) is 1. The summed E-state index contributed by atoms with van der Waals surface area (Å²) < 4.78 is 21.3. The minimum absolute atomic E-state index is 0.0533. The van der Waals surface area contributed by atoms with Gasteiger partial charge in [-0.2, -0.15) is 4.98 Å². The molecular formula is C18H26FN3O4S. The molecule has 0 aromatic carbocycles. The highest BCUT2D eigenvalue weighted by Crippen LogP contribution is 2.62. The van der Waals surface area contributed by atoms with E-state index in [2.05, 4.69) is 4.98 Å². The summed E-state index contributed by atoms with van der Waals surface area (Å²) in [6.07, 6.45) is 2.90. The van der Waals surface area contributed by atoms with E-state index in [9.17, 15) is 19.1 Å². The number of nitrogens with two attached hydrogens (primary N) is 1. The van der Waals surface area contributed by atoms with Gasteiger partial charge in [0.15, 0.2) is 11.6 Å². The first-order valence-electron chi connectivity index (χ1n) is 9.22. The lowest BCUT2D eigenvalue weighted by Gasteiger charge is -2.53. The molecule has 27 heavy (non-hydrogen) atoms. The average molecular weight is 399 g/mol. The summed E-state index contributed by atoms with van der Waals surface area (Å²) in [5, 5.41) is 8.93. The van der Waals surface area contributed by atoms with Crippen LogP contribution in [0.15, 0.2) is 11.0 Å². The van der Waals surface area contributed by atoms with E-state index >= 15 is 0 Å². The van der Waals surface area contributed by atoms with Crippen LogP contribution in [-0.2, 0) is 14.6 Å². The lowest BCUT2D eigenvalue weighted by atomic mass is 9.58. The predicted molar refractivity (Wildman–Crippen MR) is 101 cm³/mol. The Hall–Kier alpha value is -1.61. The van der Waals surface area contributed by atoms with Crippen molar-refractivity contribution in [2.45, 2.75) is 45.1 Å². The Morgan fingerprint density at radius 1 is 1.52 bits per heavy atom. The Bertz CT molecular complexity index is 793. The highest BCUT2D eigenvalue weighted by Gasteiger charge is 2.67. The predicted octanol–water partition coefficient (Wildman–Crippen LogP) is 2.50. The van der Waals surface area contributed by atoms with E-state index in [-0.39, 0.29) is 24.4 Å². The van der Waals surface area contributed by atoms with Crippen LogP contribution in [0, 0.1) is 29.0 Å². The van der Waals surface area contributed by atoms with E-state index in [0.29, 0.717) is 18.6 Å². The Morgan fingerprint density at radius 3 is 2.78 bits per heavy atom. The van der Waals surface area contributed by atoms with Gasteiger partial charge in [0.2, 0.25) is 5.06 Å². The molecule has 1 aliphatic carbocycles. The van der Waals surface area contributed by atoms with Gasteiger partial charge < -0.3 is 15.6 Å². The molecule has 0 spiro atoms. The molecular weight excluding hydrogens is 373 g/mol. The van der Waals surface area contributed by atoms with Crippen molar-refractivity contribution in [2.75, 3.05) is 18.1 Å². The van der Waals surface area contributed by atoms with Crippen LogP contribution < -0.4 is 11.4 Å². The minimum Gasteiger partial charge on any atom is -0.481 e. The first-order valence-corrected chi connectivity index (χ1v) is 10.2. The Morgan fingerprint density at radius 2 is 2.22 bits per heavy atom. The summed E-state index contributed by atoms with van der Waals surface area (Å²) in [6, 6.07) is 0. The van der Waals surface area contributed by atoms with Gasteiger partial charge in [-0.1, -0.05) is 27.2 Å². The topological polar surface area (TPSA) is 107 Å². The van der Waals surface area contributed by atoms with Gasteiger partial charge in [0.05, 0.1) is 12.8 Å². The van der Waals surface area contributed by atoms with Gasteiger partial charge in [-0.3, -0.25) is 9.36 Å². The van der Waals surface area contributed by atoms with Crippen LogP contribution in [0.4, 0.5) is 10.2 Å². The Balaban J connectivity index is 2.32. The molecule has 1 aliphatic heterocycles. The molecule has 0 bridgehead atoms. The van der Waals surface area contributed by atoms with Gasteiger partial charge in [-0.25, -0.2) is 9.18 Å². The molecule has 9 heteroatoms. The molecule has 0 amide bonds. The molecule has 3 N–H and O–H groups in total. The highest BCUT2D eigenvalue weighted by atomic mass is 32.2. The van der Waals surface area contributed by atoms with E-state index < -0.39 is 33.8 Å². The molecule has 1 saturated heterocycles.